The minimum absolute atomic E-state index is 0.733. The fourth-order valence-corrected chi connectivity index (χ4v) is 3.01. The van der Waals surface area contributed by atoms with Crippen LogP contribution in [0.2, 0.25) is 5.02 Å². The van der Waals surface area contributed by atoms with E-state index in [2.05, 4.69) is 37.4 Å². The predicted molar refractivity (Wildman–Crippen MR) is 95.2 cm³/mol. The lowest BCUT2D eigenvalue weighted by molar-refractivity contribution is 0.420. The molecule has 0 spiro atoms. The van der Waals surface area contributed by atoms with Gasteiger partial charge in [-0.15, -0.1) is 0 Å². The Balaban J connectivity index is 2.39. The van der Waals surface area contributed by atoms with E-state index >= 15 is 0 Å². The van der Waals surface area contributed by atoms with Gasteiger partial charge >= 0.3 is 0 Å². The van der Waals surface area contributed by atoms with E-state index in [-0.39, 0.29) is 0 Å². The molecule has 0 bridgehead atoms. The van der Waals surface area contributed by atoms with Crippen molar-refractivity contribution in [2.75, 3.05) is 13.1 Å². The van der Waals surface area contributed by atoms with Crippen molar-refractivity contribution >= 4 is 11.6 Å². The number of rotatable bonds is 12. The van der Waals surface area contributed by atoms with E-state index in [1.807, 2.05) is 6.07 Å². The highest BCUT2D eigenvalue weighted by Crippen LogP contribution is 2.19. The zero-order valence-corrected chi connectivity index (χ0v) is 14.6. The molecule has 1 rings (SSSR count). The molecule has 0 aromatic heterocycles. The van der Waals surface area contributed by atoms with E-state index in [1.165, 1.54) is 50.5 Å². The topological polar surface area (TPSA) is 12.0 Å². The average molecular weight is 310 g/mol. The quantitative estimate of drug-likeness (QED) is 0.477. The summed E-state index contributed by atoms with van der Waals surface area (Å²) in [5, 5.41) is 4.45. The lowest BCUT2D eigenvalue weighted by Gasteiger charge is -2.18. The third kappa shape index (κ3) is 9.16. The third-order valence-electron chi connectivity index (χ3n) is 3.99. The summed E-state index contributed by atoms with van der Waals surface area (Å²) in [6.45, 7) is 6.76. The molecule has 1 aromatic rings. The van der Waals surface area contributed by atoms with E-state index in [9.17, 15) is 0 Å². The number of hydrogen-bond donors (Lipinski definition) is 1. The molecule has 0 aliphatic heterocycles. The largest absolute Gasteiger partial charge is 0.316 e. The van der Waals surface area contributed by atoms with Crippen LogP contribution in [0.4, 0.5) is 0 Å². The smallest absolute Gasteiger partial charge is 0.0408 e. The Morgan fingerprint density at radius 3 is 2.57 bits per heavy atom. The molecule has 0 aliphatic rings. The molecule has 0 saturated heterocycles. The highest BCUT2D eigenvalue weighted by molar-refractivity contribution is 6.30. The van der Waals surface area contributed by atoms with Crippen LogP contribution in [0.1, 0.15) is 64.4 Å². The predicted octanol–water partition coefficient (Wildman–Crippen LogP) is 5.86. The molecular formula is C19H32ClN. The second kappa shape index (κ2) is 12.1. The lowest BCUT2D eigenvalue weighted by atomic mass is 9.93. The van der Waals surface area contributed by atoms with Crippen molar-refractivity contribution in [3.05, 3.63) is 34.9 Å². The molecule has 0 radical (unpaired) electrons. The summed E-state index contributed by atoms with van der Waals surface area (Å²) in [6.07, 6.45) is 10.5. The van der Waals surface area contributed by atoms with Gasteiger partial charge in [-0.25, -0.2) is 0 Å². The van der Waals surface area contributed by atoms with Gasteiger partial charge in [0.15, 0.2) is 0 Å². The van der Waals surface area contributed by atoms with Gasteiger partial charge < -0.3 is 5.32 Å². The molecular weight excluding hydrogens is 278 g/mol. The van der Waals surface area contributed by atoms with Crippen molar-refractivity contribution in [2.45, 2.75) is 65.2 Å². The second-order valence-electron chi connectivity index (χ2n) is 6.11. The van der Waals surface area contributed by atoms with Crippen LogP contribution in [0.5, 0.6) is 0 Å². The first-order valence-corrected chi connectivity index (χ1v) is 9.09. The summed E-state index contributed by atoms with van der Waals surface area (Å²) < 4.78 is 0. The van der Waals surface area contributed by atoms with E-state index in [4.69, 9.17) is 11.6 Å². The van der Waals surface area contributed by atoms with Gasteiger partial charge in [0, 0.05) is 5.02 Å². The van der Waals surface area contributed by atoms with Crippen LogP contribution >= 0.6 is 11.6 Å². The highest BCUT2D eigenvalue weighted by Gasteiger charge is 2.09. The minimum Gasteiger partial charge on any atom is -0.316 e. The van der Waals surface area contributed by atoms with Crippen LogP contribution in [-0.4, -0.2) is 13.1 Å². The molecule has 21 heavy (non-hydrogen) atoms. The maximum atomic E-state index is 6.10. The number of hydrogen-bond acceptors (Lipinski definition) is 1. The van der Waals surface area contributed by atoms with Crippen LogP contribution in [-0.2, 0) is 6.42 Å². The minimum atomic E-state index is 0.733. The number of halogens is 1. The van der Waals surface area contributed by atoms with Crippen molar-refractivity contribution in [1.82, 2.24) is 5.32 Å². The van der Waals surface area contributed by atoms with E-state index in [1.54, 1.807) is 0 Å². The molecule has 2 heteroatoms. The molecule has 1 aromatic carbocycles. The van der Waals surface area contributed by atoms with Gasteiger partial charge in [-0.05, 0) is 56.0 Å². The Morgan fingerprint density at radius 1 is 1.05 bits per heavy atom. The molecule has 0 amide bonds. The van der Waals surface area contributed by atoms with Crippen molar-refractivity contribution in [3.63, 3.8) is 0 Å². The standard InChI is InChI=1S/C19H32ClN/c1-3-5-6-7-8-10-18(16-21-13-4-2)14-17-11-9-12-19(20)15-17/h9,11-12,15,18,21H,3-8,10,13-14,16H2,1-2H3. The van der Waals surface area contributed by atoms with Crippen LogP contribution < -0.4 is 5.32 Å². The van der Waals surface area contributed by atoms with Gasteiger partial charge in [-0.3, -0.25) is 0 Å². The average Bonchev–Trinajstić information content (AvgIpc) is 2.47. The Morgan fingerprint density at radius 2 is 1.86 bits per heavy atom. The molecule has 0 fully saturated rings. The van der Waals surface area contributed by atoms with Crippen LogP contribution in [0.25, 0.3) is 0 Å². The number of nitrogens with one attached hydrogen (secondary N) is 1. The SMILES string of the molecule is CCCCCCCC(CNCCC)Cc1cccc(Cl)c1. The lowest BCUT2D eigenvalue weighted by Crippen LogP contribution is -2.25. The van der Waals surface area contributed by atoms with Gasteiger partial charge in [0.2, 0.25) is 0 Å². The fraction of sp³-hybridized carbons (Fsp3) is 0.684. The van der Waals surface area contributed by atoms with Gasteiger partial charge in [-0.1, -0.05) is 69.7 Å². The van der Waals surface area contributed by atoms with Crippen LogP contribution in [0.15, 0.2) is 24.3 Å². The Bertz CT molecular complexity index is 364. The molecule has 1 unspecified atom stereocenters. The summed E-state index contributed by atoms with van der Waals surface area (Å²) in [4.78, 5) is 0. The number of benzene rings is 1. The molecule has 0 saturated carbocycles. The first kappa shape index (κ1) is 18.5. The first-order valence-electron chi connectivity index (χ1n) is 8.71. The Kier molecular flexibility index (Phi) is 10.6. The van der Waals surface area contributed by atoms with Crippen LogP contribution in [0.3, 0.4) is 0 Å². The number of unbranched alkanes of at least 4 members (excludes halogenated alkanes) is 4. The zero-order chi connectivity index (χ0) is 15.3. The Hall–Kier alpha value is -0.530. The molecule has 0 aliphatic carbocycles. The first-order chi connectivity index (χ1) is 10.3. The maximum absolute atomic E-state index is 6.10. The van der Waals surface area contributed by atoms with Gasteiger partial charge in [0.25, 0.3) is 0 Å². The molecule has 1 N–H and O–H groups in total. The van der Waals surface area contributed by atoms with Gasteiger partial charge in [-0.2, -0.15) is 0 Å². The zero-order valence-electron chi connectivity index (χ0n) is 13.8. The molecule has 1 nitrogen and oxygen atoms in total. The van der Waals surface area contributed by atoms with Crippen LogP contribution in [0, 0.1) is 5.92 Å². The summed E-state index contributed by atoms with van der Waals surface area (Å²) in [5.41, 5.74) is 1.37. The van der Waals surface area contributed by atoms with Gasteiger partial charge in [0.1, 0.15) is 0 Å². The second-order valence-corrected chi connectivity index (χ2v) is 6.54. The molecule has 1 atom stereocenters. The van der Waals surface area contributed by atoms with E-state index < -0.39 is 0 Å². The molecule has 0 heterocycles. The summed E-state index contributed by atoms with van der Waals surface area (Å²) in [7, 11) is 0. The van der Waals surface area contributed by atoms with Crippen molar-refractivity contribution in [2.24, 2.45) is 5.92 Å². The Labute approximate surface area is 136 Å². The van der Waals surface area contributed by atoms with Crippen molar-refractivity contribution < 1.29 is 0 Å². The highest BCUT2D eigenvalue weighted by atomic mass is 35.5. The van der Waals surface area contributed by atoms with Gasteiger partial charge in [0.05, 0.1) is 0 Å². The summed E-state index contributed by atoms with van der Waals surface area (Å²) in [6, 6.07) is 8.34. The normalized spacial score (nSPS) is 12.5. The monoisotopic (exact) mass is 309 g/mol. The van der Waals surface area contributed by atoms with Crippen molar-refractivity contribution in [3.8, 4) is 0 Å². The van der Waals surface area contributed by atoms with E-state index in [0.717, 1.165) is 30.5 Å². The third-order valence-corrected chi connectivity index (χ3v) is 4.22. The summed E-state index contributed by atoms with van der Waals surface area (Å²) >= 11 is 6.10. The van der Waals surface area contributed by atoms with Crippen molar-refractivity contribution in [1.29, 1.82) is 0 Å². The van der Waals surface area contributed by atoms with E-state index in [0.29, 0.717) is 0 Å². The fourth-order valence-electron chi connectivity index (χ4n) is 2.79. The summed E-state index contributed by atoms with van der Waals surface area (Å²) in [5.74, 6) is 0.733. The maximum Gasteiger partial charge on any atom is 0.0408 e. The molecule has 120 valence electrons.